The standard InChI is InChI=1S/C15H20N2O3/c1-3-9-20-11-14(17-12(2)18)15(19)16-10-13-7-5-4-6-8-13/h3-8,14H,1,9-11H2,2H3,(H,16,19)(H,17,18)/t14-/m1/s1. The molecule has 5 nitrogen and oxygen atoms in total. The number of hydrogen-bond acceptors (Lipinski definition) is 3. The monoisotopic (exact) mass is 276 g/mol. The van der Waals surface area contributed by atoms with E-state index < -0.39 is 6.04 Å². The first-order valence-electron chi connectivity index (χ1n) is 6.41. The van der Waals surface area contributed by atoms with E-state index in [9.17, 15) is 9.59 Å². The average Bonchev–Trinajstić information content (AvgIpc) is 2.44. The van der Waals surface area contributed by atoms with Crippen molar-refractivity contribution in [2.45, 2.75) is 19.5 Å². The quantitative estimate of drug-likeness (QED) is 0.550. The Morgan fingerprint density at radius 2 is 2.05 bits per heavy atom. The lowest BCUT2D eigenvalue weighted by Crippen LogP contribution is -2.48. The van der Waals surface area contributed by atoms with E-state index in [1.165, 1.54) is 6.92 Å². The Bertz CT molecular complexity index is 446. The molecule has 0 radical (unpaired) electrons. The third kappa shape index (κ3) is 6.15. The number of rotatable bonds is 8. The highest BCUT2D eigenvalue weighted by molar-refractivity contribution is 5.86. The molecule has 5 heteroatoms. The maximum atomic E-state index is 12.0. The van der Waals surface area contributed by atoms with Crippen molar-refractivity contribution in [3.63, 3.8) is 0 Å². The minimum Gasteiger partial charge on any atom is -0.375 e. The number of carbonyl (C=O) groups is 2. The number of ether oxygens (including phenoxy) is 1. The fourth-order valence-electron chi connectivity index (χ4n) is 1.61. The summed E-state index contributed by atoms with van der Waals surface area (Å²) < 4.78 is 5.23. The second-order valence-corrected chi connectivity index (χ2v) is 4.28. The van der Waals surface area contributed by atoms with Gasteiger partial charge in [-0.25, -0.2) is 0 Å². The van der Waals surface area contributed by atoms with Crippen LogP contribution in [0.15, 0.2) is 43.0 Å². The SMILES string of the molecule is C=CCOC[C@@H](NC(C)=O)C(=O)NCc1ccccc1. The second kappa shape index (κ2) is 8.87. The number of benzene rings is 1. The van der Waals surface area contributed by atoms with Gasteiger partial charge in [-0.1, -0.05) is 36.4 Å². The van der Waals surface area contributed by atoms with Crippen LogP contribution in [-0.4, -0.2) is 31.1 Å². The Balaban J connectivity index is 2.49. The Hall–Kier alpha value is -2.14. The van der Waals surface area contributed by atoms with Crippen LogP contribution in [0.1, 0.15) is 12.5 Å². The molecule has 0 saturated carbocycles. The minimum absolute atomic E-state index is 0.117. The zero-order valence-corrected chi connectivity index (χ0v) is 11.6. The molecule has 0 aliphatic heterocycles. The van der Waals surface area contributed by atoms with E-state index in [1.54, 1.807) is 6.08 Å². The fraction of sp³-hybridized carbons (Fsp3) is 0.333. The van der Waals surface area contributed by atoms with Gasteiger partial charge in [0, 0.05) is 13.5 Å². The van der Waals surface area contributed by atoms with Crippen LogP contribution in [0.25, 0.3) is 0 Å². The summed E-state index contributed by atoms with van der Waals surface area (Å²) in [6, 6.07) is 8.86. The molecule has 20 heavy (non-hydrogen) atoms. The Morgan fingerprint density at radius 3 is 2.65 bits per heavy atom. The molecule has 0 fully saturated rings. The van der Waals surface area contributed by atoms with Crippen LogP contribution in [0.4, 0.5) is 0 Å². The van der Waals surface area contributed by atoms with E-state index in [2.05, 4.69) is 17.2 Å². The average molecular weight is 276 g/mol. The summed E-state index contributed by atoms with van der Waals surface area (Å²) in [5, 5.41) is 5.34. The number of carbonyl (C=O) groups excluding carboxylic acids is 2. The van der Waals surface area contributed by atoms with E-state index in [0.717, 1.165) is 5.56 Å². The van der Waals surface area contributed by atoms with Gasteiger partial charge in [0.2, 0.25) is 11.8 Å². The Morgan fingerprint density at radius 1 is 1.35 bits per heavy atom. The van der Waals surface area contributed by atoms with Crippen molar-refractivity contribution in [1.29, 1.82) is 0 Å². The lowest BCUT2D eigenvalue weighted by atomic mass is 10.2. The van der Waals surface area contributed by atoms with Crippen molar-refractivity contribution in [2.24, 2.45) is 0 Å². The summed E-state index contributed by atoms with van der Waals surface area (Å²) in [5.74, 6) is -0.542. The minimum atomic E-state index is -0.698. The first-order valence-corrected chi connectivity index (χ1v) is 6.41. The lowest BCUT2D eigenvalue weighted by molar-refractivity contribution is -0.129. The molecular weight excluding hydrogens is 256 g/mol. The van der Waals surface area contributed by atoms with Gasteiger partial charge in [0.25, 0.3) is 0 Å². The molecule has 2 amide bonds. The van der Waals surface area contributed by atoms with Crippen LogP contribution in [0.2, 0.25) is 0 Å². The Kier molecular flexibility index (Phi) is 7.06. The summed E-state index contributed by atoms with van der Waals surface area (Å²) in [6.07, 6.45) is 1.59. The third-order valence-electron chi connectivity index (χ3n) is 2.52. The van der Waals surface area contributed by atoms with Gasteiger partial charge in [0.05, 0.1) is 13.2 Å². The summed E-state index contributed by atoms with van der Waals surface area (Å²) in [7, 11) is 0. The smallest absolute Gasteiger partial charge is 0.245 e. The molecule has 0 heterocycles. The molecule has 0 spiro atoms. The van der Waals surface area contributed by atoms with Gasteiger partial charge in [-0.05, 0) is 5.56 Å². The molecule has 0 aliphatic rings. The number of amides is 2. The highest BCUT2D eigenvalue weighted by Gasteiger charge is 2.19. The highest BCUT2D eigenvalue weighted by atomic mass is 16.5. The van der Waals surface area contributed by atoms with Crippen molar-refractivity contribution >= 4 is 11.8 Å². The number of nitrogens with one attached hydrogen (secondary N) is 2. The second-order valence-electron chi connectivity index (χ2n) is 4.28. The van der Waals surface area contributed by atoms with E-state index in [0.29, 0.717) is 13.2 Å². The van der Waals surface area contributed by atoms with E-state index in [4.69, 9.17) is 4.74 Å². The maximum Gasteiger partial charge on any atom is 0.245 e. The zero-order chi connectivity index (χ0) is 14.8. The van der Waals surface area contributed by atoms with Crippen LogP contribution >= 0.6 is 0 Å². The predicted octanol–water partition coefficient (Wildman–Crippen LogP) is 1.01. The molecule has 0 aromatic heterocycles. The molecule has 108 valence electrons. The van der Waals surface area contributed by atoms with E-state index in [-0.39, 0.29) is 18.4 Å². The summed E-state index contributed by atoms with van der Waals surface area (Å²) >= 11 is 0. The van der Waals surface area contributed by atoms with Gasteiger partial charge in [0.15, 0.2) is 0 Å². The molecule has 1 atom stereocenters. The van der Waals surface area contributed by atoms with E-state index >= 15 is 0 Å². The van der Waals surface area contributed by atoms with Crippen molar-refractivity contribution in [3.05, 3.63) is 48.6 Å². The van der Waals surface area contributed by atoms with Crippen LogP contribution in [0, 0.1) is 0 Å². The lowest BCUT2D eigenvalue weighted by Gasteiger charge is -2.17. The topological polar surface area (TPSA) is 67.4 Å². The molecule has 0 saturated heterocycles. The third-order valence-corrected chi connectivity index (χ3v) is 2.52. The van der Waals surface area contributed by atoms with Gasteiger partial charge in [-0.2, -0.15) is 0 Å². The largest absolute Gasteiger partial charge is 0.375 e. The summed E-state index contributed by atoms with van der Waals surface area (Å²) in [6.45, 7) is 5.76. The molecule has 0 aliphatic carbocycles. The molecule has 1 rings (SSSR count). The van der Waals surface area contributed by atoms with Crippen molar-refractivity contribution in [3.8, 4) is 0 Å². The van der Waals surface area contributed by atoms with Crippen molar-refractivity contribution < 1.29 is 14.3 Å². The molecule has 0 unspecified atom stereocenters. The van der Waals surface area contributed by atoms with Gasteiger partial charge >= 0.3 is 0 Å². The predicted molar refractivity (Wildman–Crippen MR) is 76.9 cm³/mol. The molecule has 1 aromatic carbocycles. The number of hydrogen-bond donors (Lipinski definition) is 2. The first kappa shape index (κ1) is 15.9. The zero-order valence-electron chi connectivity index (χ0n) is 11.6. The van der Waals surface area contributed by atoms with Gasteiger partial charge in [-0.15, -0.1) is 6.58 Å². The van der Waals surface area contributed by atoms with E-state index in [1.807, 2.05) is 30.3 Å². The van der Waals surface area contributed by atoms with Crippen LogP contribution in [0.3, 0.4) is 0 Å². The summed E-state index contributed by atoms with van der Waals surface area (Å²) in [5.41, 5.74) is 0.995. The van der Waals surface area contributed by atoms with Gasteiger partial charge in [-0.3, -0.25) is 9.59 Å². The summed E-state index contributed by atoms with van der Waals surface area (Å²) in [4.78, 5) is 23.1. The highest BCUT2D eigenvalue weighted by Crippen LogP contribution is 1.98. The fourth-order valence-corrected chi connectivity index (χ4v) is 1.61. The van der Waals surface area contributed by atoms with Gasteiger partial charge < -0.3 is 15.4 Å². The van der Waals surface area contributed by atoms with Crippen LogP contribution in [-0.2, 0) is 20.9 Å². The molecule has 2 N–H and O–H groups in total. The molecular formula is C15H20N2O3. The normalized spacial score (nSPS) is 11.4. The van der Waals surface area contributed by atoms with Crippen molar-refractivity contribution in [2.75, 3.05) is 13.2 Å². The first-order chi connectivity index (χ1) is 9.63. The van der Waals surface area contributed by atoms with Crippen LogP contribution < -0.4 is 10.6 Å². The van der Waals surface area contributed by atoms with Crippen molar-refractivity contribution in [1.82, 2.24) is 10.6 Å². The van der Waals surface area contributed by atoms with Gasteiger partial charge in [0.1, 0.15) is 6.04 Å². The van der Waals surface area contributed by atoms with Crippen LogP contribution in [0.5, 0.6) is 0 Å². The molecule has 1 aromatic rings. The maximum absolute atomic E-state index is 12.0. The molecule has 0 bridgehead atoms. The Labute approximate surface area is 119 Å².